The fourth-order valence-electron chi connectivity index (χ4n) is 3.95. The first kappa shape index (κ1) is 25.5. The van der Waals surface area contributed by atoms with Crippen molar-refractivity contribution in [2.45, 2.75) is 20.8 Å². The molecule has 0 aliphatic carbocycles. The van der Waals surface area contributed by atoms with E-state index in [-0.39, 0.29) is 29.5 Å². The van der Waals surface area contributed by atoms with E-state index in [0.717, 1.165) is 37.0 Å². The standard InChI is InChI=1S/C28H26N3OS2.HI/c1-19-8-12-22(13-9-19)30-21(3)18-33-28(30)26-27(32)31(23-14-10-20(2)11-15-23)25(34-26)17-24-7-5-6-16-29(24)4;/h5-18H,1-4H3;1H/q+1;/p-1/b28-26+;. The molecule has 0 radical (unpaired) electrons. The number of aryl methyl sites for hydroxylation is 3. The molecule has 1 aliphatic heterocycles. The Balaban J connectivity index is 0.00000289. The van der Waals surface area contributed by atoms with Crippen LogP contribution in [0.15, 0.2) is 88.8 Å². The first-order valence-corrected chi connectivity index (χ1v) is 12.8. The summed E-state index contributed by atoms with van der Waals surface area (Å²) < 4.78 is 5.53. The Morgan fingerprint density at radius 1 is 0.857 bits per heavy atom. The minimum atomic E-state index is 0. The van der Waals surface area contributed by atoms with Crippen molar-refractivity contribution in [1.82, 2.24) is 4.57 Å². The Hall–Kier alpha value is -2.62. The molecule has 5 rings (SSSR count). The third-order valence-corrected chi connectivity index (χ3v) is 8.15. The summed E-state index contributed by atoms with van der Waals surface area (Å²) in [6.07, 6.45) is 4.11. The first-order valence-electron chi connectivity index (χ1n) is 11.1. The number of thioether (sulfide) groups is 1. The molecule has 0 saturated carbocycles. The van der Waals surface area contributed by atoms with Crippen LogP contribution in [0.5, 0.6) is 0 Å². The molecule has 4 nitrogen and oxygen atoms in total. The largest absolute Gasteiger partial charge is 1.00 e. The maximum Gasteiger partial charge on any atom is 0.276 e. The van der Waals surface area contributed by atoms with E-state index in [0.29, 0.717) is 0 Å². The van der Waals surface area contributed by atoms with Crippen molar-refractivity contribution in [2.24, 2.45) is 7.05 Å². The number of halogens is 1. The summed E-state index contributed by atoms with van der Waals surface area (Å²) in [7, 11) is 2.02. The predicted octanol–water partition coefficient (Wildman–Crippen LogP) is 1.35. The number of rotatable bonds is 3. The van der Waals surface area contributed by atoms with Gasteiger partial charge < -0.3 is 28.9 Å². The van der Waals surface area contributed by atoms with Crippen molar-refractivity contribution in [3.63, 3.8) is 0 Å². The minimum absolute atomic E-state index is 0. The molecule has 35 heavy (non-hydrogen) atoms. The molecular weight excluding hydrogens is 585 g/mol. The van der Waals surface area contributed by atoms with Crippen LogP contribution in [-0.2, 0) is 7.05 Å². The van der Waals surface area contributed by atoms with Crippen LogP contribution in [0.2, 0.25) is 0 Å². The Morgan fingerprint density at radius 3 is 2.11 bits per heavy atom. The second-order valence-corrected chi connectivity index (χ2v) is 10.4. The van der Waals surface area contributed by atoms with Crippen molar-refractivity contribution in [2.75, 3.05) is 4.90 Å². The van der Waals surface area contributed by atoms with Gasteiger partial charge in [-0.25, -0.2) is 4.57 Å². The number of pyridine rings is 1. The van der Waals surface area contributed by atoms with Crippen LogP contribution >= 0.6 is 23.1 Å². The summed E-state index contributed by atoms with van der Waals surface area (Å²) in [4.78, 5) is 16.1. The molecule has 0 amide bonds. The maximum absolute atomic E-state index is 13.9. The number of aromatic nitrogens is 2. The number of anilines is 1. The molecule has 4 aromatic rings. The monoisotopic (exact) mass is 611 g/mol. The van der Waals surface area contributed by atoms with Crippen LogP contribution in [0.1, 0.15) is 23.7 Å². The van der Waals surface area contributed by atoms with Crippen LogP contribution in [0.4, 0.5) is 5.69 Å². The summed E-state index contributed by atoms with van der Waals surface area (Å²) in [6, 6.07) is 22.7. The number of allylic oxidation sites excluding steroid dienone is 1. The lowest BCUT2D eigenvalue weighted by atomic mass is 10.2. The highest BCUT2D eigenvalue weighted by atomic mass is 127. The molecule has 2 aromatic carbocycles. The zero-order chi connectivity index (χ0) is 23.8. The average molecular weight is 612 g/mol. The fourth-order valence-corrected chi connectivity index (χ4v) is 6.18. The zero-order valence-corrected chi connectivity index (χ0v) is 23.8. The second kappa shape index (κ2) is 10.6. The molecule has 0 N–H and O–H groups in total. The highest BCUT2D eigenvalue weighted by Crippen LogP contribution is 2.38. The van der Waals surface area contributed by atoms with Gasteiger partial charge in [-0.3, -0.25) is 9.36 Å². The molecule has 0 atom stereocenters. The maximum atomic E-state index is 13.9. The predicted molar refractivity (Wildman–Crippen MR) is 144 cm³/mol. The van der Waals surface area contributed by atoms with Crippen molar-refractivity contribution < 1.29 is 28.5 Å². The number of thiazole rings is 1. The van der Waals surface area contributed by atoms with Crippen LogP contribution in [-0.4, -0.2) is 4.57 Å². The Morgan fingerprint density at radius 2 is 1.49 bits per heavy atom. The summed E-state index contributed by atoms with van der Waals surface area (Å²) >= 11 is 3.15. The van der Waals surface area contributed by atoms with Crippen molar-refractivity contribution >= 4 is 39.9 Å². The van der Waals surface area contributed by atoms with Crippen molar-refractivity contribution in [1.29, 1.82) is 0 Å². The average Bonchev–Trinajstić information content (AvgIpc) is 3.36. The topological polar surface area (TPSA) is 29.1 Å². The molecule has 3 heterocycles. The lowest BCUT2D eigenvalue weighted by molar-refractivity contribution is -0.673. The Kier molecular flexibility index (Phi) is 7.68. The van der Waals surface area contributed by atoms with Gasteiger partial charge in [0, 0.05) is 29.6 Å². The van der Waals surface area contributed by atoms with E-state index >= 15 is 0 Å². The third-order valence-electron chi connectivity index (χ3n) is 5.87. The van der Waals surface area contributed by atoms with Gasteiger partial charge in [-0.05, 0) is 56.5 Å². The van der Waals surface area contributed by atoms with Crippen LogP contribution in [0.3, 0.4) is 0 Å². The van der Waals surface area contributed by atoms with E-state index in [1.165, 1.54) is 22.5 Å². The van der Waals surface area contributed by atoms with E-state index in [9.17, 15) is 4.79 Å². The molecular formula is C28H26IN3OS2. The van der Waals surface area contributed by atoms with E-state index < -0.39 is 0 Å². The van der Waals surface area contributed by atoms with Gasteiger partial charge in [-0.15, -0.1) is 11.3 Å². The van der Waals surface area contributed by atoms with Gasteiger partial charge in [0.05, 0.1) is 5.69 Å². The molecule has 0 bridgehead atoms. The van der Waals surface area contributed by atoms with Crippen LogP contribution in [0, 0.1) is 13.8 Å². The van der Waals surface area contributed by atoms with Crippen LogP contribution < -0.4 is 48.2 Å². The number of benzene rings is 2. The normalized spacial score (nSPS) is 15.3. The summed E-state index contributed by atoms with van der Waals surface area (Å²) in [5.74, 6) is 0. The molecule has 0 spiro atoms. The highest BCUT2D eigenvalue weighted by Gasteiger charge is 2.24. The van der Waals surface area contributed by atoms with Gasteiger partial charge >= 0.3 is 0 Å². The zero-order valence-electron chi connectivity index (χ0n) is 20.0. The van der Waals surface area contributed by atoms with Crippen molar-refractivity contribution in [3.05, 3.63) is 120 Å². The smallest absolute Gasteiger partial charge is 0.276 e. The lowest BCUT2D eigenvalue weighted by Gasteiger charge is -2.21. The molecule has 7 heteroatoms. The molecule has 1 aliphatic rings. The highest BCUT2D eigenvalue weighted by molar-refractivity contribution is 8.11. The van der Waals surface area contributed by atoms with E-state index in [2.05, 4.69) is 72.1 Å². The van der Waals surface area contributed by atoms with Gasteiger partial charge in [-0.2, -0.15) is 0 Å². The molecule has 2 aromatic heterocycles. The van der Waals surface area contributed by atoms with Gasteiger partial charge in [0.15, 0.2) is 6.20 Å². The van der Waals surface area contributed by atoms with Gasteiger partial charge in [0.1, 0.15) is 21.3 Å². The first-order chi connectivity index (χ1) is 16.4. The third kappa shape index (κ3) is 5.03. The van der Waals surface area contributed by atoms with E-state index in [1.54, 1.807) is 11.8 Å². The minimum Gasteiger partial charge on any atom is -1.00 e. The van der Waals surface area contributed by atoms with Gasteiger partial charge in [0.2, 0.25) is 5.69 Å². The molecule has 0 fully saturated rings. The summed E-state index contributed by atoms with van der Waals surface area (Å²) in [5.41, 5.74) is 6.46. The Bertz CT molecular complexity index is 1580. The van der Waals surface area contributed by atoms with Gasteiger partial charge in [0.25, 0.3) is 5.56 Å². The van der Waals surface area contributed by atoms with Crippen LogP contribution in [0.25, 0.3) is 16.8 Å². The van der Waals surface area contributed by atoms with E-state index in [4.69, 9.17) is 0 Å². The number of hydrogen-bond acceptors (Lipinski definition) is 4. The number of hydrogen-bond donors (Lipinski definition) is 0. The Labute approximate surface area is 230 Å². The second-order valence-electron chi connectivity index (χ2n) is 8.48. The molecule has 178 valence electrons. The quantitative estimate of drug-likeness (QED) is 0.259. The lowest BCUT2D eigenvalue weighted by Crippen LogP contribution is -3.00. The van der Waals surface area contributed by atoms with Gasteiger partial charge in [-0.1, -0.05) is 47.2 Å². The number of nitrogens with zero attached hydrogens (tertiary/aromatic N) is 3. The van der Waals surface area contributed by atoms with Crippen molar-refractivity contribution in [3.8, 4) is 5.69 Å². The summed E-state index contributed by atoms with van der Waals surface area (Å²) in [6.45, 7) is 6.23. The molecule has 0 saturated heterocycles. The fraction of sp³-hybridized carbons (Fsp3) is 0.143. The van der Waals surface area contributed by atoms with E-state index in [1.807, 2.05) is 54.2 Å². The SMILES string of the molecule is CC1=CS/C(=c2/s/c(=C\c3cccc[n+]3C)n(-c3ccc(C)cc3)c2=O)N1c1ccc(C)cc1.[I-]. The summed E-state index contributed by atoms with van der Waals surface area (Å²) in [5, 5.41) is 3.07. The molecule has 0 unspecified atom stereocenters.